The lowest BCUT2D eigenvalue weighted by atomic mass is 9.89. The van der Waals surface area contributed by atoms with Crippen molar-refractivity contribution in [2.24, 2.45) is 0 Å². The van der Waals surface area contributed by atoms with Crippen molar-refractivity contribution in [3.8, 4) is 0 Å². The quantitative estimate of drug-likeness (QED) is 0.549. The molecule has 4 rings (SSSR count). The van der Waals surface area contributed by atoms with Crippen LogP contribution in [-0.2, 0) is 9.59 Å². The van der Waals surface area contributed by atoms with Gasteiger partial charge in [0.25, 0.3) is 0 Å². The Kier molecular flexibility index (Phi) is 7.22. The molecule has 2 heterocycles. The summed E-state index contributed by atoms with van der Waals surface area (Å²) in [4.78, 5) is 26.0. The van der Waals surface area contributed by atoms with Gasteiger partial charge in [-0.1, -0.05) is 30.3 Å². The summed E-state index contributed by atoms with van der Waals surface area (Å²) in [5, 5.41) is 16.8. The number of carbonyl (C=O) groups is 2. The van der Waals surface area contributed by atoms with Gasteiger partial charge in [0.1, 0.15) is 5.82 Å². The van der Waals surface area contributed by atoms with Gasteiger partial charge in [0.15, 0.2) is 0 Å². The van der Waals surface area contributed by atoms with Crippen LogP contribution >= 0.6 is 0 Å². The number of nitrogens with zero attached hydrogens (tertiary/aromatic N) is 2. The summed E-state index contributed by atoms with van der Waals surface area (Å²) >= 11 is 0. The Balaban J connectivity index is 0.000000293. The van der Waals surface area contributed by atoms with Crippen LogP contribution in [0, 0.1) is 0 Å². The zero-order valence-corrected chi connectivity index (χ0v) is 17.0. The molecule has 0 amide bonds. The van der Waals surface area contributed by atoms with Gasteiger partial charge in [-0.25, -0.2) is 14.6 Å². The third-order valence-corrected chi connectivity index (χ3v) is 5.19. The lowest BCUT2D eigenvalue weighted by Gasteiger charge is -2.34. The number of piperidine rings is 1. The standard InChI is InChI=1S/C20H21N3.C4H4O4/c21-20-9-6-17-14-18(7-8-19(17)22-20)23-12-10-16(11-13-23)15-4-2-1-3-5-15;5-3(6)1-2-4(7)8/h1-9,14,16H,10-13H2,(H2,21,22);1-2H,(H,5,6)(H,7,8)/b;2-1-. The SMILES string of the molecule is Nc1ccc2cc(N3CCC(c4ccccc4)CC3)ccc2n1.O=C(O)/C=C\C(=O)O. The van der Waals surface area contributed by atoms with Crippen LogP contribution in [0.3, 0.4) is 0 Å². The van der Waals surface area contributed by atoms with Crippen molar-refractivity contribution in [1.82, 2.24) is 4.98 Å². The zero-order valence-electron chi connectivity index (χ0n) is 17.0. The average molecular weight is 419 g/mol. The molecule has 0 atom stereocenters. The van der Waals surface area contributed by atoms with E-state index < -0.39 is 11.9 Å². The van der Waals surface area contributed by atoms with Crippen molar-refractivity contribution >= 4 is 34.3 Å². The second-order valence-corrected chi connectivity index (χ2v) is 7.29. The molecule has 1 aliphatic heterocycles. The van der Waals surface area contributed by atoms with E-state index in [0.29, 0.717) is 23.9 Å². The number of carboxylic acids is 2. The monoisotopic (exact) mass is 419 g/mol. The van der Waals surface area contributed by atoms with Crippen LogP contribution in [0.1, 0.15) is 24.3 Å². The molecule has 1 aromatic heterocycles. The summed E-state index contributed by atoms with van der Waals surface area (Å²) in [7, 11) is 0. The summed E-state index contributed by atoms with van der Waals surface area (Å²) in [6.45, 7) is 2.21. The van der Waals surface area contributed by atoms with Gasteiger partial charge < -0.3 is 20.8 Å². The van der Waals surface area contributed by atoms with Crippen molar-refractivity contribution < 1.29 is 19.8 Å². The number of hydrogen-bond donors (Lipinski definition) is 3. The molecule has 1 fully saturated rings. The van der Waals surface area contributed by atoms with Crippen molar-refractivity contribution in [2.75, 3.05) is 23.7 Å². The Hall–Kier alpha value is -3.87. The Morgan fingerprint density at radius 3 is 2.19 bits per heavy atom. The zero-order chi connectivity index (χ0) is 22.2. The van der Waals surface area contributed by atoms with Gasteiger partial charge in [0.2, 0.25) is 0 Å². The van der Waals surface area contributed by atoms with E-state index >= 15 is 0 Å². The predicted octanol–water partition coefficient (Wildman–Crippen LogP) is 3.91. The van der Waals surface area contributed by atoms with E-state index in [4.69, 9.17) is 15.9 Å². The summed E-state index contributed by atoms with van der Waals surface area (Å²) in [6.07, 6.45) is 3.54. The van der Waals surface area contributed by atoms with E-state index in [2.05, 4.69) is 64.5 Å². The first-order valence-electron chi connectivity index (χ1n) is 10.0. The van der Waals surface area contributed by atoms with Crippen LogP contribution in [-0.4, -0.2) is 40.2 Å². The van der Waals surface area contributed by atoms with Gasteiger partial charge in [0.05, 0.1) is 5.52 Å². The highest BCUT2D eigenvalue weighted by molar-refractivity contribution is 5.89. The maximum absolute atomic E-state index is 9.55. The number of nitrogens with two attached hydrogens (primary N) is 1. The van der Waals surface area contributed by atoms with Gasteiger partial charge >= 0.3 is 11.9 Å². The van der Waals surface area contributed by atoms with Crippen LogP contribution in [0.5, 0.6) is 0 Å². The van der Waals surface area contributed by atoms with Gasteiger partial charge in [-0.3, -0.25) is 0 Å². The maximum Gasteiger partial charge on any atom is 0.328 e. The number of aliphatic carboxylic acids is 2. The van der Waals surface area contributed by atoms with Crippen molar-refractivity contribution in [2.45, 2.75) is 18.8 Å². The van der Waals surface area contributed by atoms with Crippen LogP contribution in [0.2, 0.25) is 0 Å². The third kappa shape index (κ3) is 6.30. The first-order valence-corrected chi connectivity index (χ1v) is 10.0. The van der Waals surface area contributed by atoms with Crippen molar-refractivity contribution in [1.29, 1.82) is 0 Å². The molecule has 7 heteroatoms. The summed E-state index contributed by atoms with van der Waals surface area (Å²) in [6, 6.07) is 21.3. The molecule has 0 aliphatic carbocycles. The molecule has 0 unspecified atom stereocenters. The van der Waals surface area contributed by atoms with E-state index in [-0.39, 0.29) is 0 Å². The normalized spacial score (nSPS) is 14.3. The van der Waals surface area contributed by atoms with Gasteiger partial charge in [-0.05, 0) is 54.7 Å². The fraction of sp³-hybridized carbons (Fsp3) is 0.208. The topological polar surface area (TPSA) is 117 Å². The minimum absolute atomic E-state index is 0.558. The number of benzene rings is 2. The van der Waals surface area contributed by atoms with Gasteiger partial charge in [-0.2, -0.15) is 0 Å². The highest BCUT2D eigenvalue weighted by Crippen LogP contribution is 2.31. The number of nitrogen functional groups attached to an aromatic ring is 1. The van der Waals surface area contributed by atoms with E-state index in [1.807, 2.05) is 6.07 Å². The lowest BCUT2D eigenvalue weighted by Crippen LogP contribution is -2.32. The fourth-order valence-corrected chi connectivity index (χ4v) is 3.66. The number of pyridine rings is 1. The van der Waals surface area contributed by atoms with Crippen LogP contribution in [0.25, 0.3) is 10.9 Å². The first kappa shape index (κ1) is 21.8. The number of carboxylic acid groups (broad SMARTS) is 2. The Bertz CT molecular complexity index is 1060. The second-order valence-electron chi connectivity index (χ2n) is 7.29. The molecule has 4 N–H and O–H groups in total. The molecule has 2 aromatic carbocycles. The number of fused-ring (bicyclic) bond motifs is 1. The van der Waals surface area contributed by atoms with Crippen LogP contribution in [0.4, 0.5) is 11.5 Å². The molecule has 3 aromatic rings. The lowest BCUT2D eigenvalue weighted by molar-refractivity contribution is -0.134. The number of rotatable bonds is 4. The molecule has 0 radical (unpaired) electrons. The van der Waals surface area contributed by atoms with Gasteiger partial charge in [0, 0.05) is 36.3 Å². The van der Waals surface area contributed by atoms with E-state index in [0.717, 1.165) is 24.0 Å². The summed E-state index contributed by atoms with van der Waals surface area (Å²) < 4.78 is 0. The summed E-state index contributed by atoms with van der Waals surface area (Å²) in [5.41, 5.74) is 9.48. The van der Waals surface area contributed by atoms with E-state index in [1.54, 1.807) is 0 Å². The Morgan fingerprint density at radius 2 is 1.58 bits per heavy atom. The molecule has 0 spiro atoms. The van der Waals surface area contributed by atoms with Crippen molar-refractivity contribution in [3.63, 3.8) is 0 Å². The van der Waals surface area contributed by atoms with Crippen molar-refractivity contribution in [3.05, 3.63) is 78.4 Å². The molecule has 0 saturated carbocycles. The van der Waals surface area contributed by atoms with E-state index in [9.17, 15) is 9.59 Å². The molecule has 0 bridgehead atoms. The van der Waals surface area contributed by atoms with Gasteiger partial charge in [-0.15, -0.1) is 0 Å². The predicted molar refractivity (Wildman–Crippen MR) is 121 cm³/mol. The molecular formula is C24H25N3O4. The molecule has 31 heavy (non-hydrogen) atoms. The molecule has 7 nitrogen and oxygen atoms in total. The minimum atomic E-state index is -1.26. The highest BCUT2D eigenvalue weighted by atomic mass is 16.4. The van der Waals surface area contributed by atoms with Crippen LogP contribution < -0.4 is 10.6 Å². The third-order valence-electron chi connectivity index (χ3n) is 5.19. The molecule has 1 saturated heterocycles. The maximum atomic E-state index is 9.55. The number of anilines is 2. The molecule has 160 valence electrons. The first-order chi connectivity index (χ1) is 14.9. The smallest absolute Gasteiger partial charge is 0.328 e. The average Bonchev–Trinajstić information content (AvgIpc) is 2.78. The Labute approximate surface area is 180 Å². The summed E-state index contributed by atoms with van der Waals surface area (Å²) in [5.74, 6) is -1.25. The highest BCUT2D eigenvalue weighted by Gasteiger charge is 2.20. The fourth-order valence-electron chi connectivity index (χ4n) is 3.66. The molecule has 1 aliphatic rings. The minimum Gasteiger partial charge on any atom is -0.478 e. The molecular weight excluding hydrogens is 394 g/mol. The number of aromatic nitrogens is 1. The largest absolute Gasteiger partial charge is 0.478 e. The second kappa shape index (κ2) is 10.2. The number of hydrogen-bond acceptors (Lipinski definition) is 5. The Morgan fingerprint density at radius 1 is 0.935 bits per heavy atom. The van der Waals surface area contributed by atoms with E-state index in [1.165, 1.54) is 24.1 Å². The van der Waals surface area contributed by atoms with Crippen LogP contribution in [0.15, 0.2) is 72.8 Å².